The molecule has 0 aliphatic heterocycles. The first-order valence-corrected chi connectivity index (χ1v) is 35.0. The number of unbranched alkanes of at least 4 members (excludes halogenated alkanes) is 32. The van der Waals surface area contributed by atoms with Crippen LogP contribution in [0.3, 0.4) is 0 Å². The lowest BCUT2D eigenvalue weighted by Crippen LogP contribution is -2.30. The molecule has 0 saturated carbocycles. The van der Waals surface area contributed by atoms with Gasteiger partial charge in [0.25, 0.3) is 0 Å². The second kappa shape index (κ2) is 70.3. The second-order valence-electron chi connectivity index (χ2n) is 23.1. The summed E-state index contributed by atoms with van der Waals surface area (Å²) in [7, 11) is 0. The van der Waals surface area contributed by atoms with E-state index in [9.17, 15) is 14.4 Å². The summed E-state index contributed by atoms with van der Waals surface area (Å²) in [6.45, 7) is 6.53. The molecule has 6 nitrogen and oxygen atoms in total. The highest BCUT2D eigenvalue weighted by Gasteiger charge is 2.19. The topological polar surface area (TPSA) is 78.9 Å². The molecule has 6 heteroatoms. The molecular formula is C77H130O6. The van der Waals surface area contributed by atoms with E-state index in [0.717, 1.165) is 122 Å². The molecular weight excluding hydrogens is 1020 g/mol. The summed E-state index contributed by atoms with van der Waals surface area (Å²) < 4.78 is 16.9. The average Bonchev–Trinajstić information content (AvgIpc) is 3.48. The predicted molar refractivity (Wildman–Crippen MR) is 362 cm³/mol. The quantitative estimate of drug-likeness (QED) is 0.0261. The van der Waals surface area contributed by atoms with E-state index in [1.807, 2.05) is 0 Å². The van der Waals surface area contributed by atoms with Crippen molar-refractivity contribution in [3.8, 4) is 0 Å². The minimum atomic E-state index is -0.784. The molecule has 0 radical (unpaired) electrons. The molecule has 83 heavy (non-hydrogen) atoms. The van der Waals surface area contributed by atoms with Crippen LogP contribution >= 0.6 is 0 Å². The Balaban J connectivity index is 4.24. The molecule has 0 fully saturated rings. The molecule has 1 atom stereocenters. The Bertz CT molecular complexity index is 1700. The summed E-state index contributed by atoms with van der Waals surface area (Å²) in [5, 5.41) is 0. The van der Waals surface area contributed by atoms with Gasteiger partial charge in [0.05, 0.1) is 0 Å². The van der Waals surface area contributed by atoms with Crippen molar-refractivity contribution in [3.05, 3.63) is 122 Å². The normalized spacial score (nSPS) is 12.9. The highest BCUT2D eigenvalue weighted by atomic mass is 16.6. The van der Waals surface area contributed by atoms with E-state index < -0.39 is 6.10 Å². The van der Waals surface area contributed by atoms with Gasteiger partial charge < -0.3 is 14.2 Å². The van der Waals surface area contributed by atoms with Gasteiger partial charge in [0.15, 0.2) is 6.10 Å². The van der Waals surface area contributed by atoms with Gasteiger partial charge in [-0.2, -0.15) is 0 Å². The first kappa shape index (κ1) is 78.8. The molecule has 0 saturated heterocycles. The van der Waals surface area contributed by atoms with E-state index in [1.54, 1.807) is 0 Å². The lowest BCUT2D eigenvalue weighted by Gasteiger charge is -2.18. The third-order valence-corrected chi connectivity index (χ3v) is 15.0. The zero-order chi connectivity index (χ0) is 59.9. The Morgan fingerprint density at radius 2 is 0.470 bits per heavy atom. The molecule has 0 aromatic rings. The lowest BCUT2D eigenvalue weighted by atomic mass is 10.1. The maximum atomic E-state index is 12.9. The third-order valence-electron chi connectivity index (χ3n) is 15.0. The van der Waals surface area contributed by atoms with Crippen LogP contribution in [0.2, 0.25) is 0 Å². The predicted octanol–water partition coefficient (Wildman–Crippen LogP) is 24.3. The van der Waals surface area contributed by atoms with Crippen molar-refractivity contribution >= 4 is 17.9 Å². The van der Waals surface area contributed by atoms with E-state index in [-0.39, 0.29) is 31.1 Å². The lowest BCUT2D eigenvalue weighted by molar-refractivity contribution is -0.167. The Labute approximate surface area is 513 Å². The maximum Gasteiger partial charge on any atom is 0.306 e. The summed E-state index contributed by atoms with van der Waals surface area (Å²) in [4.78, 5) is 38.3. The van der Waals surface area contributed by atoms with Crippen LogP contribution in [0.15, 0.2) is 122 Å². The number of esters is 3. The van der Waals surface area contributed by atoms with Crippen molar-refractivity contribution in [1.82, 2.24) is 0 Å². The Hall–Kier alpha value is -4.19. The van der Waals surface area contributed by atoms with Crippen LogP contribution in [0.1, 0.15) is 329 Å². The van der Waals surface area contributed by atoms with E-state index in [0.29, 0.717) is 19.3 Å². The van der Waals surface area contributed by atoms with Gasteiger partial charge in [-0.15, -0.1) is 0 Å². The number of hydrogen-bond donors (Lipinski definition) is 0. The summed E-state index contributed by atoms with van der Waals surface area (Å²) in [6.07, 6.45) is 97.9. The highest BCUT2D eigenvalue weighted by molar-refractivity contribution is 5.71. The van der Waals surface area contributed by atoms with Gasteiger partial charge >= 0.3 is 17.9 Å². The third kappa shape index (κ3) is 68.5. The van der Waals surface area contributed by atoms with Crippen LogP contribution in [0.4, 0.5) is 0 Å². The van der Waals surface area contributed by atoms with Gasteiger partial charge in [-0.1, -0.05) is 316 Å². The van der Waals surface area contributed by atoms with Crippen molar-refractivity contribution in [3.63, 3.8) is 0 Å². The van der Waals surface area contributed by atoms with E-state index in [4.69, 9.17) is 14.2 Å². The van der Waals surface area contributed by atoms with Crippen molar-refractivity contribution in [2.45, 2.75) is 335 Å². The maximum absolute atomic E-state index is 12.9. The van der Waals surface area contributed by atoms with Crippen LogP contribution in [-0.2, 0) is 28.6 Å². The molecule has 0 amide bonds. The van der Waals surface area contributed by atoms with Gasteiger partial charge in [-0.25, -0.2) is 0 Å². The number of ether oxygens (including phenoxy) is 3. The van der Waals surface area contributed by atoms with Crippen LogP contribution in [0, 0.1) is 0 Å². The number of allylic oxidation sites excluding steroid dienone is 20. The van der Waals surface area contributed by atoms with Gasteiger partial charge in [0, 0.05) is 19.3 Å². The minimum absolute atomic E-state index is 0.0800. The molecule has 0 N–H and O–H groups in total. The number of rotatable bonds is 63. The van der Waals surface area contributed by atoms with E-state index in [2.05, 4.69) is 142 Å². The summed E-state index contributed by atoms with van der Waals surface area (Å²) in [5.74, 6) is -0.884. The molecule has 0 aliphatic rings. The average molecular weight is 1150 g/mol. The molecule has 0 heterocycles. The first-order valence-electron chi connectivity index (χ1n) is 35.0. The Morgan fingerprint density at radius 1 is 0.253 bits per heavy atom. The molecule has 0 rings (SSSR count). The largest absolute Gasteiger partial charge is 0.462 e. The van der Waals surface area contributed by atoms with E-state index >= 15 is 0 Å². The fraction of sp³-hybridized carbons (Fsp3) is 0.701. The minimum Gasteiger partial charge on any atom is -0.462 e. The fourth-order valence-corrected chi connectivity index (χ4v) is 9.73. The monoisotopic (exact) mass is 1150 g/mol. The standard InChI is InChI=1S/C77H130O6/c1-4-7-10-13-16-19-22-24-26-28-30-31-32-33-34-35-36-37-38-39-40-41-42-43-44-45-47-48-50-52-55-58-61-64-67-70-76(79)82-73-74(72-81-75(78)69-66-63-60-57-54-21-18-15-12-9-6-3)83-77(80)71-68-65-62-59-56-53-51-49-46-29-27-25-23-20-17-14-11-8-5-2/h7,10,16,19,24-27,30-31,33-34,36-37,39-40,42-43,45,47,74H,4-6,8-9,11-15,17-18,20-23,28-29,32,35,38,41,44,46,48-73H2,1-3H3/b10-7-,19-16-,26-24-,27-25-,31-30-,34-33-,37-36-,40-39-,43-42-,47-45-. The molecule has 0 spiro atoms. The molecule has 0 bridgehead atoms. The number of hydrogen-bond acceptors (Lipinski definition) is 6. The molecule has 1 unspecified atom stereocenters. The van der Waals surface area contributed by atoms with Crippen molar-refractivity contribution in [2.75, 3.05) is 13.2 Å². The van der Waals surface area contributed by atoms with Crippen molar-refractivity contribution in [2.24, 2.45) is 0 Å². The SMILES string of the molecule is CC/C=C\C/C=C\C/C=C\C/C=C\C/C=C\C/C=C\C/C=C\C/C=C\C/C=C\CCCCCCCCCC(=O)OCC(COC(=O)CCCCCCCCCCCCC)OC(=O)CCCCCCCCCCC/C=C\CCCCCCCC. The van der Waals surface area contributed by atoms with Gasteiger partial charge in [-0.05, 0) is 116 Å². The zero-order valence-electron chi connectivity index (χ0n) is 54.4. The van der Waals surface area contributed by atoms with Crippen molar-refractivity contribution < 1.29 is 28.6 Å². The van der Waals surface area contributed by atoms with Crippen molar-refractivity contribution in [1.29, 1.82) is 0 Å². The first-order chi connectivity index (χ1) is 41.0. The number of carbonyl (C=O) groups excluding carboxylic acids is 3. The molecule has 0 aliphatic carbocycles. The molecule has 0 aromatic carbocycles. The van der Waals surface area contributed by atoms with Crippen LogP contribution in [0.25, 0.3) is 0 Å². The zero-order valence-corrected chi connectivity index (χ0v) is 54.4. The van der Waals surface area contributed by atoms with Gasteiger partial charge in [0.1, 0.15) is 13.2 Å². The molecule has 474 valence electrons. The van der Waals surface area contributed by atoms with Crippen LogP contribution in [-0.4, -0.2) is 37.2 Å². The van der Waals surface area contributed by atoms with Crippen LogP contribution in [0.5, 0.6) is 0 Å². The second-order valence-corrected chi connectivity index (χ2v) is 23.1. The summed E-state index contributed by atoms with van der Waals surface area (Å²) in [5.41, 5.74) is 0. The van der Waals surface area contributed by atoms with Gasteiger partial charge in [-0.3, -0.25) is 14.4 Å². The molecule has 0 aromatic heterocycles. The summed E-state index contributed by atoms with van der Waals surface area (Å²) >= 11 is 0. The van der Waals surface area contributed by atoms with Gasteiger partial charge in [0.2, 0.25) is 0 Å². The summed E-state index contributed by atoms with van der Waals surface area (Å²) in [6, 6.07) is 0. The highest BCUT2D eigenvalue weighted by Crippen LogP contribution is 2.16. The Morgan fingerprint density at radius 3 is 0.747 bits per heavy atom. The Kier molecular flexibility index (Phi) is 66.7. The van der Waals surface area contributed by atoms with Crippen LogP contribution < -0.4 is 0 Å². The fourth-order valence-electron chi connectivity index (χ4n) is 9.73. The number of carbonyl (C=O) groups is 3. The van der Waals surface area contributed by atoms with E-state index in [1.165, 1.54) is 167 Å². The smallest absolute Gasteiger partial charge is 0.306 e.